The fourth-order valence-electron chi connectivity index (χ4n) is 4.15. The van der Waals surface area contributed by atoms with E-state index in [2.05, 4.69) is 0 Å². The number of nitrogens with zero attached hydrogens (tertiary/aromatic N) is 2. The molecule has 0 saturated carbocycles. The van der Waals surface area contributed by atoms with Crippen LogP contribution in [0.25, 0.3) is 5.76 Å². The molecule has 1 saturated heterocycles. The van der Waals surface area contributed by atoms with Crippen molar-refractivity contribution < 1.29 is 23.8 Å². The lowest BCUT2D eigenvalue weighted by atomic mass is 9.98. The molecular formula is C27H28N2O5. The smallest absolute Gasteiger partial charge is 0.300 e. The molecule has 1 atom stereocenters. The molecule has 34 heavy (non-hydrogen) atoms. The average molecular weight is 461 g/mol. The van der Waals surface area contributed by atoms with E-state index in [0.717, 1.165) is 11.3 Å². The molecule has 0 radical (unpaired) electrons. The third kappa shape index (κ3) is 4.05. The van der Waals surface area contributed by atoms with Gasteiger partial charge in [-0.3, -0.25) is 14.5 Å². The summed E-state index contributed by atoms with van der Waals surface area (Å²) in [5.41, 5.74) is 2.71. The maximum atomic E-state index is 13.2. The number of aryl methyl sites for hydroxylation is 2. The van der Waals surface area contributed by atoms with Crippen LogP contribution >= 0.6 is 0 Å². The number of hydrogen-bond donors (Lipinski definition) is 1. The number of aliphatic hydroxyl groups excluding tert-OH is 1. The topological polar surface area (TPSA) is 83.2 Å². The lowest BCUT2D eigenvalue weighted by Crippen LogP contribution is -2.29. The van der Waals surface area contributed by atoms with Crippen molar-refractivity contribution in [2.75, 3.05) is 30.5 Å². The van der Waals surface area contributed by atoms with Crippen molar-refractivity contribution in [3.05, 3.63) is 82.8 Å². The van der Waals surface area contributed by atoms with E-state index in [4.69, 9.17) is 9.15 Å². The average Bonchev–Trinajstić information content (AvgIpc) is 3.35. The van der Waals surface area contributed by atoms with E-state index in [1.165, 1.54) is 4.90 Å². The highest BCUT2D eigenvalue weighted by Crippen LogP contribution is 2.43. The Hall–Kier alpha value is -4.00. The predicted octanol–water partition coefficient (Wildman–Crippen LogP) is 4.99. The Kier molecular flexibility index (Phi) is 6.20. The zero-order valence-electron chi connectivity index (χ0n) is 20.0. The molecule has 0 spiro atoms. The lowest BCUT2D eigenvalue weighted by molar-refractivity contribution is -0.132. The van der Waals surface area contributed by atoms with E-state index in [1.807, 2.05) is 45.0 Å². The Labute approximate surface area is 198 Å². The van der Waals surface area contributed by atoms with Crippen LogP contribution < -0.4 is 14.5 Å². The number of carbonyl (C=O) groups excluding carboxylic acids is 2. The SMILES string of the molecule is CCOc1ccc(/C(O)=C2/C(=O)C(=O)N(c3ccc(N(C)C)cc3)C2c2ccc(C)o2)cc1C. The van der Waals surface area contributed by atoms with Gasteiger partial charge in [-0.1, -0.05) is 0 Å². The molecule has 2 aromatic carbocycles. The number of carbonyl (C=O) groups is 2. The first kappa shape index (κ1) is 23.2. The Bertz CT molecular complexity index is 1270. The molecule has 0 aliphatic carbocycles. The molecule has 3 aromatic rings. The van der Waals surface area contributed by atoms with Crippen molar-refractivity contribution >= 4 is 28.8 Å². The number of amides is 1. The summed E-state index contributed by atoms with van der Waals surface area (Å²) in [4.78, 5) is 29.8. The van der Waals surface area contributed by atoms with Crippen LogP contribution in [0.3, 0.4) is 0 Å². The van der Waals surface area contributed by atoms with Gasteiger partial charge in [0.15, 0.2) is 0 Å². The van der Waals surface area contributed by atoms with Gasteiger partial charge in [-0.15, -0.1) is 0 Å². The van der Waals surface area contributed by atoms with Crippen LogP contribution in [-0.2, 0) is 9.59 Å². The fraction of sp³-hybridized carbons (Fsp3) is 0.259. The zero-order valence-corrected chi connectivity index (χ0v) is 20.0. The number of benzene rings is 2. The summed E-state index contributed by atoms with van der Waals surface area (Å²) in [6, 6.07) is 15.1. The van der Waals surface area contributed by atoms with Gasteiger partial charge in [0, 0.05) is 31.0 Å². The highest BCUT2D eigenvalue weighted by molar-refractivity contribution is 6.51. The molecule has 1 aliphatic heterocycles. The van der Waals surface area contributed by atoms with Crippen LogP contribution in [0.4, 0.5) is 11.4 Å². The number of hydrogen-bond acceptors (Lipinski definition) is 6. The number of Topliss-reactive ketones (excluding diaryl/α,β-unsaturated/α-hetero) is 1. The Morgan fingerprint density at radius 1 is 1.06 bits per heavy atom. The molecule has 1 aliphatic rings. The summed E-state index contributed by atoms with van der Waals surface area (Å²) in [5.74, 6) is -0.00616. The van der Waals surface area contributed by atoms with Gasteiger partial charge < -0.3 is 19.2 Å². The van der Waals surface area contributed by atoms with E-state index >= 15 is 0 Å². The van der Waals surface area contributed by atoms with Crippen molar-refractivity contribution in [3.63, 3.8) is 0 Å². The second-order valence-corrected chi connectivity index (χ2v) is 8.44. The first-order valence-corrected chi connectivity index (χ1v) is 11.1. The van der Waals surface area contributed by atoms with Crippen molar-refractivity contribution in [1.82, 2.24) is 0 Å². The summed E-state index contributed by atoms with van der Waals surface area (Å²) in [7, 11) is 3.84. The van der Waals surface area contributed by atoms with Crippen molar-refractivity contribution in [2.45, 2.75) is 26.8 Å². The first-order chi connectivity index (χ1) is 16.2. The number of aliphatic hydroxyl groups is 1. The highest BCUT2D eigenvalue weighted by Gasteiger charge is 2.48. The van der Waals surface area contributed by atoms with Gasteiger partial charge in [-0.25, -0.2) is 0 Å². The molecule has 7 heteroatoms. The second kappa shape index (κ2) is 9.09. The van der Waals surface area contributed by atoms with E-state index < -0.39 is 17.7 Å². The number of ether oxygens (including phenoxy) is 1. The largest absolute Gasteiger partial charge is 0.507 e. The van der Waals surface area contributed by atoms with Gasteiger partial charge in [0.2, 0.25) is 0 Å². The molecule has 7 nitrogen and oxygen atoms in total. The predicted molar refractivity (Wildman–Crippen MR) is 131 cm³/mol. The third-order valence-corrected chi connectivity index (χ3v) is 5.87. The first-order valence-electron chi connectivity index (χ1n) is 11.1. The minimum absolute atomic E-state index is 0.0143. The van der Waals surface area contributed by atoms with Gasteiger partial charge in [-0.05, 0) is 80.9 Å². The third-order valence-electron chi connectivity index (χ3n) is 5.87. The maximum Gasteiger partial charge on any atom is 0.300 e. The molecule has 2 heterocycles. The van der Waals surface area contributed by atoms with E-state index in [9.17, 15) is 14.7 Å². The molecule has 1 fully saturated rings. The minimum atomic E-state index is -0.897. The van der Waals surface area contributed by atoms with Crippen LogP contribution in [0, 0.1) is 13.8 Å². The van der Waals surface area contributed by atoms with E-state index in [1.54, 1.807) is 49.4 Å². The summed E-state index contributed by atoms with van der Waals surface area (Å²) in [6.07, 6.45) is 0. The number of ketones is 1. The van der Waals surface area contributed by atoms with Crippen LogP contribution in [0.2, 0.25) is 0 Å². The molecule has 1 amide bonds. The monoisotopic (exact) mass is 460 g/mol. The van der Waals surface area contributed by atoms with Gasteiger partial charge in [0.05, 0.1) is 12.2 Å². The number of anilines is 2. The molecule has 4 rings (SSSR count). The fourth-order valence-corrected chi connectivity index (χ4v) is 4.15. The Morgan fingerprint density at radius 3 is 2.32 bits per heavy atom. The molecule has 176 valence electrons. The molecule has 1 aromatic heterocycles. The van der Waals surface area contributed by atoms with Gasteiger partial charge >= 0.3 is 0 Å². The number of furan rings is 1. The van der Waals surface area contributed by atoms with Gasteiger partial charge in [0.25, 0.3) is 11.7 Å². The van der Waals surface area contributed by atoms with E-state index in [-0.39, 0.29) is 11.3 Å². The van der Waals surface area contributed by atoms with Gasteiger partial charge in [0.1, 0.15) is 29.1 Å². The summed E-state index contributed by atoms with van der Waals surface area (Å²) < 4.78 is 11.4. The van der Waals surface area contributed by atoms with Crippen molar-refractivity contribution in [1.29, 1.82) is 0 Å². The molecular weight excluding hydrogens is 432 g/mol. The lowest BCUT2D eigenvalue weighted by Gasteiger charge is -2.24. The van der Waals surface area contributed by atoms with E-state index in [0.29, 0.717) is 35.1 Å². The van der Waals surface area contributed by atoms with Crippen molar-refractivity contribution in [3.8, 4) is 5.75 Å². The normalized spacial score (nSPS) is 17.3. The maximum absolute atomic E-state index is 13.2. The van der Waals surface area contributed by atoms with Crippen LogP contribution in [-0.4, -0.2) is 37.5 Å². The summed E-state index contributed by atoms with van der Waals surface area (Å²) >= 11 is 0. The minimum Gasteiger partial charge on any atom is -0.507 e. The second-order valence-electron chi connectivity index (χ2n) is 8.44. The molecule has 0 bridgehead atoms. The molecule has 1 unspecified atom stereocenters. The van der Waals surface area contributed by atoms with Crippen LogP contribution in [0.5, 0.6) is 5.75 Å². The quantitative estimate of drug-likeness (QED) is 0.317. The van der Waals surface area contributed by atoms with Gasteiger partial charge in [-0.2, -0.15) is 0 Å². The van der Waals surface area contributed by atoms with Crippen LogP contribution in [0.1, 0.15) is 35.6 Å². The number of rotatable bonds is 6. The van der Waals surface area contributed by atoms with Crippen LogP contribution in [0.15, 0.2) is 64.6 Å². The summed E-state index contributed by atoms with van der Waals surface area (Å²) in [5, 5.41) is 11.3. The molecule has 1 N–H and O–H groups in total. The zero-order chi connectivity index (χ0) is 24.6. The van der Waals surface area contributed by atoms with Crippen molar-refractivity contribution in [2.24, 2.45) is 0 Å². The highest BCUT2D eigenvalue weighted by atomic mass is 16.5. The summed E-state index contributed by atoms with van der Waals surface area (Å²) in [6.45, 7) is 6.06. The standard InChI is InChI=1S/C27H28N2O5/c1-6-33-21-14-8-18(15-16(21)2)25(30)23-24(22-13-7-17(3)34-22)29(27(32)26(23)31)20-11-9-19(10-12-20)28(4)5/h7-15,24,30H,6H2,1-5H3/b25-23-. The Morgan fingerprint density at radius 2 is 1.76 bits per heavy atom. The Balaban J connectivity index is 1.87.